The summed E-state index contributed by atoms with van der Waals surface area (Å²) >= 11 is 0. The average Bonchev–Trinajstić information content (AvgIpc) is 2.35. The highest BCUT2D eigenvalue weighted by Crippen LogP contribution is 2.46. The Morgan fingerprint density at radius 3 is 2.53 bits per heavy atom. The van der Waals surface area contributed by atoms with Gasteiger partial charge in [-0.15, -0.1) is 0 Å². The van der Waals surface area contributed by atoms with E-state index in [0.29, 0.717) is 18.2 Å². The van der Waals surface area contributed by atoms with E-state index < -0.39 is 0 Å². The Balaban J connectivity index is 2.50. The van der Waals surface area contributed by atoms with Crippen molar-refractivity contribution in [2.24, 2.45) is 5.41 Å². The lowest BCUT2D eigenvalue weighted by molar-refractivity contribution is -0.129. The Bertz CT molecular complexity index is 222. The highest BCUT2D eigenvalue weighted by Gasteiger charge is 2.51. The van der Waals surface area contributed by atoms with Gasteiger partial charge in [-0.05, 0) is 26.2 Å². The minimum Gasteiger partial charge on any atom is -0.383 e. The van der Waals surface area contributed by atoms with Crippen LogP contribution in [0, 0.1) is 5.41 Å². The molecule has 4 unspecified atom stereocenters. The second-order valence-corrected chi connectivity index (χ2v) is 5.32. The van der Waals surface area contributed by atoms with E-state index in [-0.39, 0.29) is 5.41 Å². The van der Waals surface area contributed by atoms with E-state index in [1.54, 1.807) is 7.11 Å². The maximum Gasteiger partial charge on any atom is 0.0658 e. The molecule has 0 bridgehead atoms. The maximum atomic E-state index is 5.82. The minimum atomic E-state index is 0.289. The summed E-state index contributed by atoms with van der Waals surface area (Å²) in [6.07, 6.45) is 3.84. The monoisotopic (exact) mass is 243 g/mol. The largest absolute Gasteiger partial charge is 0.383 e. The van der Waals surface area contributed by atoms with Gasteiger partial charge >= 0.3 is 0 Å². The molecule has 1 N–H and O–H groups in total. The smallest absolute Gasteiger partial charge is 0.0658 e. The lowest BCUT2D eigenvalue weighted by atomic mass is 9.61. The van der Waals surface area contributed by atoms with E-state index in [2.05, 4.69) is 33.0 Å². The SMILES string of the molecule is CCOC1CC(NC(CC)COC)C1(C)CC. The van der Waals surface area contributed by atoms with Crippen LogP contribution in [0.3, 0.4) is 0 Å². The van der Waals surface area contributed by atoms with Gasteiger partial charge in [0.2, 0.25) is 0 Å². The van der Waals surface area contributed by atoms with Gasteiger partial charge in [-0.1, -0.05) is 20.8 Å². The van der Waals surface area contributed by atoms with Crippen molar-refractivity contribution >= 4 is 0 Å². The molecule has 3 heteroatoms. The Kier molecular flexibility index (Phi) is 5.90. The number of hydrogen-bond acceptors (Lipinski definition) is 3. The second-order valence-electron chi connectivity index (χ2n) is 5.32. The second kappa shape index (κ2) is 6.72. The highest BCUT2D eigenvalue weighted by atomic mass is 16.5. The molecular weight excluding hydrogens is 214 g/mol. The normalized spacial score (nSPS) is 34.4. The number of hydrogen-bond donors (Lipinski definition) is 1. The van der Waals surface area contributed by atoms with Crippen LogP contribution in [-0.2, 0) is 9.47 Å². The quantitative estimate of drug-likeness (QED) is 0.711. The Labute approximate surface area is 106 Å². The molecule has 0 radical (unpaired) electrons. The molecule has 0 aromatic carbocycles. The van der Waals surface area contributed by atoms with Crippen LogP contribution in [0.5, 0.6) is 0 Å². The van der Waals surface area contributed by atoms with E-state index >= 15 is 0 Å². The summed E-state index contributed by atoms with van der Waals surface area (Å²) in [7, 11) is 1.77. The van der Waals surface area contributed by atoms with Crippen molar-refractivity contribution in [3.63, 3.8) is 0 Å². The van der Waals surface area contributed by atoms with Crippen LogP contribution in [0.2, 0.25) is 0 Å². The van der Waals surface area contributed by atoms with Crippen LogP contribution < -0.4 is 5.32 Å². The molecule has 1 rings (SSSR count). The zero-order chi connectivity index (χ0) is 12.9. The summed E-state index contributed by atoms with van der Waals surface area (Å²) in [5.41, 5.74) is 0.289. The lowest BCUT2D eigenvalue weighted by Crippen LogP contribution is -2.64. The molecule has 0 aromatic rings. The summed E-state index contributed by atoms with van der Waals surface area (Å²) in [5, 5.41) is 3.73. The Hall–Kier alpha value is -0.120. The van der Waals surface area contributed by atoms with Gasteiger partial charge in [0.15, 0.2) is 0 Å². The van der Waals surface area contributed by atoms with Crippen LogP contribution >= 0.6 is 0 Å². The number of ether oxygens (including phenoxy) is 2. The molecule has 102 valence electrons. The molecular formula is C14H29NO2. The van der Waals surface area contributed by atoms with Gasteiger partial charge in [0, 0.05) is 31.2 Å². The van der Waals surface area contributed by atoms with Gasteiger partial charge in [0.05, 0.1) is 12.7 Å². The Morgan fingerprint density at radius 2 is 2.06 bits per heavy atom. The van der Waals surface area contributed by atoms with Crippen LogP contribution in [0.15, 0.2) is 0 Å². The summed E-state index contributed by atoms with van der Waals surface area (Å²) in [4.78, 5) is 0. The fraction of sp³-hybridized carbons (Fsp3) is 1.00. The van der Waals surface area contributed by atoms with Gasteiger partial charge in [0.25, 0.3) is 0 Å². The summed E-state index contributed by atoms with van der Waals surface area (Å²) in [5.74, 6) is 0. The predicted octanol–water partition coefficient (Wildman–Crippen LogP) is 2.59. The van der Waals surface area contributed by atoms with Gasteiger partial charge in [-0.2, -0.15) is 0 Å². The molecule has 0 heterocycles. The van der Waals surface area contributed by atoms with E-state index in [1.807, 2.05) is 0 Å². The standard InChI is InChI=1S/C14H29NO2/c1-6-11(10-16-5)15-12-9-13(17-8-3)14(12,4)7-2/h11-13,15H,6-10H2,1-5H3. The zero-order valence-electron chi connectivity index (χ0n) is 12.1. The fourth-order valence-electron chi connectivity index (χ4n) is 2.78. The van der Waals surface area contributed by atoms with E-state index in [9.17, 15) is 0 Å². The van der Waals surface area contributed by atoms with Crippen LogP contribution in [-0.4, -0.2) is 38.5 Å². The third kappa shape index (κ3) is 3.21. The van der Waals surface area contributed by atoms with Crippen LogP contribution in [0.1, 0.15) is 47.0 Å². The zero-order valence-corrected chi connectivity index (χ0v) is 12.1. The molecule has 1 aliphatic rings. The highest BCUT2D eigenvalue weighted by molar-refractivity contribution is 5.05. The third-order valence-corrected chi connectivity index (χ3v) is 4.41. The maximum absolute atomic E-state index is 5.82. The van der Waals surface area contributed by atoms with Gasteiger partial charge in [0.1, 0.15) is 0 Å². The number of rotatable bonds is 8. The lowest BCUT2D eigenvalue weighted by Gasteiger charge is -2.54. The molecule has 0 aliphatic heterocycles. The molecule has 3 nitrogen and oxygen atoms in total. The minimum absolute atomic E-state index is 0.289. The fourth-order valence-corrected chi connectivity index (χ4v) is 2.78. The third-order valence-electron chi connectivity index (χ3n) is 4.41. The Morgan fingerprint density at radius 1 is 1.35 bits per heavy atom. The molecule has 0 amide bonds. The topological polar surface area (TPSA) is 30.5 Å². The van der Waals surface area contributed by atoms with E-state index in [0.717, 1.165) is 26.1 Å². The summed E-state index contributed by atoms with van der Waals surface area (Å²) in [6, 6.07) is 1.04. The first-order valence-corrected chi connectivity index (χ1v) is 6.98. The van der Waals surface area contributed by atoms with Crippen molar-refractivity contribution in [1.82, 2.24) is 5.32 Å². The first kappa shape index (κ1) is 14.9. The molecule has 17 heavy (non-hydrogen) atoms. The first-order valence-electron chi connectivity index (χ1n) is 6.98. The molecule has 0 aromatic heterocycles. The molecule has 1 aliphatic carbocycles. The predicted molar refractivity (Wildman–Crippen MR) is 71.3 cm³/mol. The van der Waals surface area contributed by atoms with Gasteiger partial charge < -0.3 is 14.8 Å². The molecule has 1 fully saturated rings. The van der Waals surface area contributed by atoms with E-state index in [4.69, 9.17) is 9.47 Å². The first-order chi connectivity index (χ1) is 8.12. The summed E-state index contributed by atoms with van der Waals surface area (Å²) in [6.45, 7) is 10.5. The molecule has 4 atom stereocenters. The van der Waals surface area contributed by atoms with Crippen molar-refractivity contribution < 1.29 is 9.47 Å². The van der Waals surface area contributed by atoms with Gasteiger partial charge in [-0.25, -0.2) is 0 Å². The molecule has 0 spiro atoms. The van der Waals surface area contributed by atoms with E-state index in [1.165, 1.54) is 6.42 Å². The van der Waals surface area contributed by atoms with Crippen LogP contribution in [0.4, 0.5) is 0 Å². The average molecular weight is 243 g/mol. The van der Waals surface area contributed by atoms with Crippen molar-refractivity contribution in [3.05, 3.63) is 0 Å². The molecule has 0 saturated heterocycles. The van der Waals surface area contributed by atoms with Crippen molar-refractivity contribution in [2.75, 3.05) is 20.3 Å². The van der Waals surface area contributed by atoms with Crippen molar-refractivity contribution in [3.8, 4) is 0 Å². The molecule has 1 saturated carbocycles. The van der Waals surface area contributed by atoms with Crippen molar-refractivity contribution in [1.29, 1.82) is 0 Å². The van der Waals surface area contributed by atoms with Gasteiger partial charge in [-0.3, -0.25) is 0 Å². The van der Waals surface area contributed by atoms with Crippen molar-refractivity contribution in [2.45, 2.75) is 65.1 Å². The number of nitrogens with one attached hydrogen (secondary N) is 1. The van der Waals surface area contributed by atoms with Crippen LogP contribution in [0.25, 0.3) is 0 Å². The number of methoxy groups -OCH3 is 1. The summed E-state index contributed by atoms with van der Waals surface area (Å²) < 4.78 is 11.1.